The van der Waals surface area contributed by atoms with Crippen LogP contribution < -0.4 is 0 Å². The van der Waals surface area contributed by atoms with Crippen LogP contribution in [0.1, 0.15) is 59.9 Å². The van der Waals surface area contributed by atoms with Gasteiger partial charge in [0.1, 0.15) is 5.76 Å². The van der Waals surface area contributed by atoms with E-state index in [0.29, 0.717) is 12.0 Å². The zero-order chi connectivity index (χ0) is 27.2. The number of carboxylic acids is 3. The molecule has 0 aliphatic rings. The van der Waals surface area contributed by atoms with Crippen LogP contribution in [0.5, 0.6) is 0 Å². The number of rotatable bonds is 7. The number of aliphatic hydroxyl groups is 1. The fourth-order valence-electron chi connectivity index (χ4n) is 2.15. The maximum atomic E-state index is 12.3. The summed E-state index contributed by atoms with van der Waals surface area (Å²) < 4.78 is 24.6. The standard InChI is InChI=1S/C13H16O4S.C6H10O3.C5H8O2/c1-4-12(10(3)13(14)15)18(16,17)11-7-5-9(2)6-8-11;1-3-5(7)4(2)6(8)9;1-3-4(2)5(6)7/h5-8H,4H2,1-3H3,(H,14,15);7H,3H2,1-2H3,(H,8,9);3H,1-2H3,(H,6,7)/b12-10+;5-4+;4-3+. The van der Waals surface area contributed by atoms with Crippen molar-refractivity contribution in [1.82, 2.24) is 0 Å². The third-order valence-electron chi connectivity index (χ3n) is 4.57. The van der Waals surface area contributed by atoms with Gasteiger partial charge in [-0.1, -0.05) is 37.6 Å². The second-order valence-corrected chi connectivity index (χ2v) is 9.00. The van der Waals surface area contributed by atoms with Crippen LogP contribution in [0.15, 0.2) is 62.6 Å². The fourth-order valence-corrected chi connectivity index (χ4v) is 3.80. The van der Waals surface area contributed by atoms with E-state index in [4.69, 9.17) is 20.4 Å². The summed E-state index contributed by atoms with van der Waals surface area (Å²) in [4.78, 5) is 30.9. The predicted octanol–water partition coefficient (Wildman–Crippen LogP) is 4.89. The molecule has 0 aliphatic heterocycles. The molecule has 0 saturated heterocycles. The first-order valence-electron chi connectivity index (χ1n) is 10.3. The Morgan fingerprint density at radius 3 is 1.47 bits per heavy atom. The molecule has 10 heteroatoms. The number of hydrogen-bond donors (Lipinski definition) is 4. The first-order valence-corrected chi connectivity index (χ1v) is 11.8. The Morgan fingerprint density at radius 2 is 1.24 bits per heavy atom. The van der Waals surface area contributed by atoms with Crippen LogP contribution in [0.3, 0.4) is 0 Å². The molecule has 0 heterocycles. The molecule has 1 aromatic carbocycles. The molecule has 34 heavy (non-hydrogen) atoms. The lowest BCUT2D eigenvalue weighted by molar-refractivity contribution is -0.133. The summed E-state index contributed by atoms with van der Waals surface area (Å²) in [5, 5.41) is 34.1. The third-order valence-corrected chi connectivity index (χ3v) is 6.71. The van der Waals surface area contributed by atoms with Crippen LogP contribution in [-0.2, 0) is 24.2 Å². The van der Waals surface area contributed by atoms with Crippen LogP contribution in [0.2, 0.25) is 0 Å². The van der Waals surface area contributed by atoms with Crippen LogP contribution in [0.25, 0.3) is 0 Å². The molecule has 190 valence electrons. The van der Waals surface area contributed by atoms with Crippen molar-refractivity contribution in [3.63, 3.8) is 0 Å². The maximum Gasteiger partial charge on any atom is 0.334 e. The molecule has 0 unspecified atom stereocenters. The monoisotopic (exact) mass is 498 g/mol. The van der Waals surface area contributed by atoms with Gasteiger partial charge in [-0.2, -0.15) is 0 Å². The molecule has 1 aromatic rings. The van der Waals surface area contributed by atoms with Gasteiger partial charge in [0.15, 0.2) is 0 Å². The van der Waals surface area contributed by atoms with Gasteiger partial charge in [0.2, 0.25) is 9.84 Å². The second kappa shape index (κ2) is 15.4. The average molecular weight is 499 g/mol. The number of benzene rings is 1. The highest BCUT2D eigenvalue weighted by molar-refractivity contribution is 7.95. The maximum absolute atomic E-state index is 12.3. The van der Waals surface area contributed by atoms with Crippen molar-refractivity contribution >= 4 is 27.7 Å². The molecule has 4 N–H and O–H groups in total. The average Bonchev–Trinajstić information content (AvgIpc) is 2.78. The molecular weight excluding hydrogens is 464 g/mol. The minimum atomic E-state index is -3.71. The van der Waals surface area contributed by atoms with E-state index >= 15 is 0 Å². The van der Waals surface area contributed by atoms with Crippen molar-refractivity contribution in [2.45, 2.75) is 66.2 Å². The summed E-state index contributed by atoms with van der Waals surface area (Å²) in [6.45, 7) is 11.1. The van der Waals surface area contributed by atoms with Crippen LogP contribution in [0, 0.1) is 6.92 Å². The van der Waals surface area contributed by atoms with Gasteiger partial charge in [0.05, 0.1) is 15.4 Å². The first kappa shape index (κ1) is 32.8. The molecule has 0 aromatic heterocycles. The largest absolute Gasteiger partial charge is 0.512 e. The van der Waals surface area contributed by atoms with Crippen molar-refractivity contribution < 1.29 is 43.2 Å². The summed E-state index contributed by atoms with van der Waals surface area (Å²) in [6, 6.07) is 6.37. The fraction of sp³-hybridized carbons (Fsp3) is 0.375. The number of aliphatic carboxylic acids is 3. The zero-order valence-corrected chi connectivity index (χ0v) is 21.4. The van der Waals surface area contributed by atoms with E-state index in [1.54, 1.807) is 45.9 Å². The summed E-state index contributed by atoms with van der Waals surface area (Å²) in [5.74, 6) is -3.16. The van der Waals surface area contributed by atoms with Crippen LogP contribution in [-0.4, -0.2) is 46.8 Å². The third kappa shape index (κ3) is 11.0. The Morgan fingerprint density at radius 1 is 0.794 bits per heavy atom. The quantitative estimate of drug-likeness (QED) is 0.302. The highest BCUT2D eigenvalue weighted by Gasteiger charge is 2.23. The van der Waals surface area contributed by atoms with E-state index in [1.807, 2.05) is 6.92 Å². The van der Waals surface area contributed by atoms with E-state index in [9.17, 15) is 22.8 Å². The number of hydrogen-bond acceptors (Lipinski definition) is 6. The van der Waals surface area contributed by atoms with Crippen molar-refractivity contribution in [3.05, 3.63) is 63.3 Å². The lowest BCUT2D eigenvalue weighted by Crippen LogP contribution is -2.10. The summed E-state index contributed by atoms with van der Waals surface area (Å²) >= 11 is 0. The Balaban J connectivity index is 0. The SMILES string of the molecule is C/C=C(\C)C(=O)O.CC/C(=C(/C)C(=O)O)S(=O)(=O)c1ccc(C)cc1.CC/C(O)=C(/C)C(=O)O. The summed E-state index contributed by atoms with van der Waals surface area (Å²) in [6.07, 6.45) is 2.09. The van der Waals surface area contributed by atoms with E-state index in [1.165, 1.54) is 26.0 Å². The number of aliphatic hydroxyl groups excluding tert-OH is 1. The van der Waals surface area contributed by atoms with Crippen molar-refractivity contribution in [2.24, 2.45) is 0 Å². The lowest BCUT2D eigenvalue weighted by atomic mass is 10.2. The van der Waals surface area contributed by atoms with Gasteiger partial charge < -0.3 is 20.4 Å². The zero-order valence-electron chi connectivity index (χ0n) is 20.5. The minimum absolute atomic E-state index is 0.0255. The van der Waals surface area contributed by atoms with Crippen LogP contribution in [0.4, 0.5) is 0 Å². The first-order chi connectivity index (χ1) is 15.6. The van der Waals surface area contributed by atoms with E-state index in [-0.39, 0.29) is 33.1 Å². The number of aryl methyl sites for hydroxylation is 1. The number of carboxylic acid groups (broad SMARTS) is 3. The Labute approximate surface area is 200 Å². The van der Waals surface area contributed by atoms with Crippen molar-refractivity contribution in [1.29, 1.82) is 0 Å². The van der Waals surface area contributed by atoms with Crippen molar-refractivity contribution in [2.75, 3.05) is 0 Å². The Kier molecular flexibility index (Phi) is 14.9. The summed E-state index contributed by atoms with van der Waals surface area (Å²) in [7, 11) is -3.71. The molecule has 1 rings (SSSR count). The summed E-state index contributed by atoms with van der Waals surface area (Å²) in [5.41, 5.74) is 1.24. The van der Waals surface area contributed by atoms with Crippen molar-refractivity contribution in [3.8, 4) is 0 Å². The lowest BCUT2D eigenvalue weighted by Gasteiger charge is -2.09. The highest BCUT2D eigenvalue weighted by atomic mass is 32.2. The number of allylic oxidation sites excluding steroid dienone is 3. The smallest absolute Gasteiger partial charge is 0.334 e. The Bertz CT molecular complexity index is 1060. The van der Waals surface area contributed by atoms with Gasteiger partial charge in [-0.3, -0.25) is 0 Å². The molecule has 0 radical (unpaired) electrons. The molecule has 0 aliphatic carbocycles. The Hall–Kier alpha value is -3.40. The molecule has 0 fully saturated rings. The van der Waals surface area contributed by atoms with Gasteiger partial charge in [-0.05, 0) is 53.2 Å². The van der Waals surface area contributed by atoms with E-state index in [0.717, 1.165) is 5.56 Å². The molecule has 0 atom stereocenters. The minimum Gasteiger partial charge on any atom is -0.512 e. The normalized spacial score (nSPS) is 12.6. The van der Waals surface area contributed by atoms with Crippen LogP contribution >= 0.6 is 0 Å². The van der Waals surface area contributed by atoms with E-state index < -0.39 is 27.7 Å². The number of sulfone groups is 1. The molecule has 0 saturated carbocycles. The molecule has 0 spiro atoms. The predicted molar refractivity (Wildman–Crippen MR) is 129 cm³/mol. The van der Waals surface area contributed by atoms with Gasteiger partial charge in [0.25, 0.3) is 0 Å². The molecular formula is C24H34O9S. The van der Waals surface area contributed by atoms with E-state index in [2.05, 4.69) is 0 Å². The van der Waals surface area contributed by atoms with Gasteiger partial charge in [-0.25, -0.2) is 22.8 Å². The van der Waals surface area contributed by atoms with Gasteiger partial charge in [0, 0.05) is 17.6 Å². The van der Waals surface area contributed by atoms with Gasteiger partial charge in [-0.15, -0.1) is 0 Å². The molecule has 9 nitrogen and oxygen atoms in total. The number of carbonyl (C=O) groups is 3. The molecule has 0 amide bonds. The molecule has 0 bridgehead atoms. The highest BCUT2D eigenvalue weighted by Crippen LogP contribution is 2.25. The second-order valence-electron chi connectivity index (χ2n) is 7.03. The van der Waals surface area contributed by atoms with Gasteiger partial charge >= 0.3 is 17.9 Å². The topological polar surface area (TPSA) is 166 Å².